The second kappa shape index (κ2) is 5.28. The molecule has 4 nitrogen and oxygen atoms in total. The monoisotopic (exact) mass is 211 g/mol. The quantitative estimate of drug-likeness (QED) is 0.691. The van der Waals surface area contributed by atoms with Crippen LogP contribution >= 0.6 is 0 Å². The highest BCUT2D eigenvalue weighted by atomic mass is 16.3. The van der Waals surface area contributed by atoms with Gasteiger partial charge in [-0.05, 0) is 39.8 Å². The number of aryl methyl sites for hydroxylation is 1. The van der Waals surface area contributed by atoms with E-state index in [1.807, 2.05) is 37.7 Å². The molecule has 86 valence electrons. The van der Waals surface area contributed by atoms with Crippen LogP contribution in [-0.2, 0) is 6.54 Å². The third-order valence-corrected chi connectivity index (χ3v) is 2.63. The minimum absolute atomic E-state index is 0.107. The first kappa shape index (κ1) is 12.2. The fraction of sp³-hybridized carbons (Fsp3) is 0.727. The van der Waals surface area contributed by atoms with E-state index in [2.05, 4.69) is 10.4 Å². The number of hydrogen-bond donors (Lipinski definition) is 2. The molecule has 0 saturated heterocycles. The molecule has 1 aromatic heterocycles. The van der Waals surface area contributed by atoms with E-state index in [1.165, 1.54) is 0 Å². The van der Waals surface area contributed by atoms with E-state index in [4.69, 9.17) is 0 Å². The van der Waals surface area contributed by atoms with E-state index >= 15 is 0 Å². The van der Waals surface area contributed by atoms with Crippen LogP contribution in [0.15, 0.2) is 18.5 Å². The minimum atomic E-state index is -0.661. The lowest BCUT2D eigenvalue weighted by atomic mass is 10.0. The average molecular weight is 211 g/mol. The Morgan fingerprint density at radius 1 is 1.53 bits per heavy atom. The van der Waals surface area contributed by atoms with Gasteiger partial charge in [0.25, 0.3) is 0 Å². The van der Waals surface area contributed by atoms with Crippen LogP contribution in [0.4, 0.5) is 0 Å². The van der Waals surface area contributed by atoms with E-state index in [0.717, 1.165) is 19.5 Å². The van der Waals surface area contributed by atoms with Crippen molar-refractivity contribution in [3.8, 4) is 0 Å². The summed E-state index contributed by atoms with van der Waals surface area (Å²) in [5.74, 6) is 0. The second-order valence-electron chi connectivity index (χ2n) is 4.45. The summed E-state index contributed by atoms with van der Waals surface area (Å²) in [7, 11) is 0. The zero-order chi connectivity index (χ0) is 11.3. The number of nitrogens with one attached hydrogen (secondary N) is 1. The number of rotatable bonds is 6. The maximum absolute atomic E-state index is 9.69. The predicted octanol–water partition coefficient (Wildman–Crippen LogP) is 1.02. The van der Waals surface area contributed by atoms with Gasteiger partial charge in [0.15, 0.2) is 0 Å². The normalized spacial score (nSPS) is 14.1. The summed E-state index contributed by atoms with van der Waals surface area (Å²) in [6.07, 6.45) is 4.76. The molecule has 1 unspecified atom stereocenters. The Hall–Kier alpha value is -0.870. The standard InChI is InChI=1S/C11H21N3O/c1-10(11(2,3)15)12-6-4-8-14-9-5-7-13-14/h5,7,9-10,12,15H,4,6,8H2,1-3H3. The molecule has 1 heterocycles. The van der Waals surface area contributed by atoms with Gasteiger partial charge in [-0.15, -0.1) is 0 Å². The maximum Gasteiger partial charge on any atom is 0.0741 e. The van der Waals surface area contributed by atoms with Crippen molar-refractivity contribution in [1.82, 2.24) is 15.1 Å². The predicted molar refractivity (Wildman–Crippen MR) is 60.6 cm³/mol. The molecule has 0 radical (unpaired) electrons. The first-order chi connectivity index (χ1) is 7.00. The summed E-state index contributed by atoms with van der Waals surface area (Å²) >= 11 is 0. The van der Waals surface area contributed by atoms with Crippen LogP contribution in [0, 0.1) is 0 Å². The van der Waals surface area contributed by atoms with Crippen LogP contribution in [0.5, 0.6) is 0 Å². The number of nitrogens with zero attached hydrogens (tertiary/aromatic N) is 2. The summed E-state index contributed by atoms with van der Waals surface area (Å²) in [6, 6.07) is 2.03. The Labute approximate surface area is 91.3 Å². The zero-order valence-electron chi connectivity index (χ0n) is 9.77. The molecular formula is C11H21N3O. The Bertz CT molecular complexity index is 264. The van der Waals surface area contributed by atoms with Gasteiger partial charge in [-0.3, -0.25) is 4.68 Å². The van der Waals surface area contributed by atoms with E-state index in [9.17, 15) is 5.11 Å². The molecule has 0 saturated carbocycles. The third-order valence-electron chi connectivity index (χ3n) is 2.63. The summed E-state index contributed by atoms with van der Waals surface area (Å²) in [6.45, 7) is 7.44. The smallest absolute Gasteiger partial charge is 0.0741 e. The van der Waals surface area contributed by atoms with Crippen LogP contribution in [0.1, 0.15) is 27.2 Å². The van der Waals surface area contributed by atoms with E-state index in [0.29, 0.717) is 0 Å². The van der Waals surface area contributed by atoms with Gasteiger partial charge in [0.1, 0.15) is 0 Å². The van der Waals surface area contributed by atoms with Gasteiger partial charge in [0.05, 0.1) is 5.60 Å². The van der Waals surface area contributed by atoms with Crippen molar-refractivity contribution in [3.05, 3.63) is 18.5 Å². The van der Waals surface area contributed by atoms with Gasteiger partial charge >= 0.3 is 0 Å². The molecule has 15 heavy (non-hydrogen) atoms. The average Bonchev–Trinajstić information content (AvgIpc) is 2.63. The molecule has 0 bridgehead atoms. The zero-order valence-corrected chi connectivity index (χ0v) is 9.77. The molecule has 0 spiro atoms. The highest BCUT2D eigenvalue weighted by molar-refractivity contribution is 4.80. The fourth-order valence-electron chi connectivity index (χ4n) is 1.24. The van der Waals surface area contributed by atoms with Crippen molar-refractivity contribution < 1.29 is 5.11 Å². The van der Waals surface area contributed by atoms with Crippen molar-refractivity contribution in [2.24, 2.45) is 0 Å². The van der Waals surface area contributed by atoms with Gasteiger partial charge in [0, 0.05) is 25.0 Å². The maximum atomic E-state index is 9.69. The lowest BCUT2D eigenvalue weighted by Gasteiger charge is -2.26. The lowest BCUT2D eigenvalue weighted by Crippen LogP contribution is -2.44. The molecule has 0 aliphatic heterocycles. The van der Waals surface area contributed by atoms with Crippen molar-refractivity contribution >= 4 is 0 Å². The molecule has 0 amide bonds. The number of aromatic nitrogens is 2. The molecule has 0 fully saturated rings. The Kier molecular flexibility index (Phi) is 4.29. The second-order valence-corrected chi connectivity index (χ2v) is 4.45. The fourth-order valence-corrected chi connectivity index (χ4v) is 1.24. The molecule has 4 heteroatoms. The molecular weight excluding hydrogens is 190 g/mol. The van der Waals surface area contributed by atoms with Crippen molar-refractivity contribution in [2.75, 3.05) is 6.54 Å². The topological polar surface area (TPSA) is 50.1 Å². The van der Waals surface area contributed by atoms with Gasteiger partial charge in [-0.2, -0.15) is 5.10 Å². The molecule has 2 N–H and O–H groups in total. The van der Waals surface area contributed by atoms with Gasteiger partial charge in [-0.1, -0.05) is 0 Å². The van der Waals surface area contributed by atoms with Crippen LogP contribution in [0.25, 0.3) is 0 Å². The van der Waals surface area contributed by atoms with Gasteiger partial charge in [-0.25, -0.2) is 0 Å². The molecule has 0 aliphatic rings. The van der Waals surface area contributed by atoms with Crippen molar-refractivity contribution in [2.45, 2.75) is 45.4 Å². The largest absolute Gasteiger partial charge is 0.389 e. The summed E-state index contributed by atoms with van der Waals surface area (Å²) in [5, 5.41) is 17.1. The summed E-state index contributed by atoms with van der Waals surface area (Å²) < 4.78 is 1.91. The van der Waals surface area contributed by atoms with Crippen LogP contribution < -0.4 is 5.32 Å². The SMILES string of the molecule is CC(NCCCn1cccn1)C(C)(C)O. The Morgan fingerprint density at radius 3 is 2.80 bits per heavy atom. The lowest BCUT2D eigenvalue weighted by molar-refractivity contribution is 0.0443. The number of aliphatic hydroxyl groups is 1. The molecule has 1 aromatic rings. The van der Waals surface area contributed by atoms with Crippen molar-refractivity contribution in [1.29, 1.82) is 0 Å². The van der Waals surface area contributed by atoms with Gasteiger partial charge < -0.3 is 10.4 Å². The summed E-state index contributed by atoms with van der Waals surface area (Å²) in [4.78, 5) is 0. The minimum Gasteiger partial charge on any atom is -0.389 e. The third kappa shape index (κ3) is 4.44. The molecule has 1 atom stereocenters. The Balaban J connectivity index is 2.12. The Morgan fingerprint density at radius 2 is 2.27 bits per heavy atom. The first-order valence-corrected chi connectivity index (χ1v) is 5.43. The highest BCUT2D eigenvalue weighted by Gasteiger charge is 2.20. The summed E-state index contributed by atoms with van der Waals surface area (Å²) in [5.41, 5.74) is -0.661. The van der Waals surface area contributed by atoms with E-state index < -0.39 is 5.60 Å². The van der Waals surface area contributed by atoms with E-state index in [1.54, 1.807) is 6.20 Å². The first-order valence-electron chi connectivity index (χ1n) is 5.43. The molecule has 1 rings (SSSR count). The van der Waals surface area contributed by atoms with Gasteiger partial charge in [0.2, 0.25) is 0 Å². The molecule has 0 aliphatic carbocycles. The van der Waals surface area contributed by atoms with E-state index in [-0.39, 0.29) is 6.04 Å². The van der Waals surface area contributed by atoms with Crippen LogP contribution in [0.2, 0.25) is 0 Å². The van der Waals surface area contributed by atoms with Crippen LogP contribution in [0.3, 0.4) is 0 Å². The molecule has 0 aromatic carbocycles. The van der Waals surface area contributed by atoms with Crippen LogP contribution in [-0.4, -0.2) is 33.1 Å². The number of hydrogen-bond acceptors (Lipinski definition) is 3. The highest BCUT2D eigenvalue weighted by Crippen LogP contribution is 2.06. The van der Waals surface area contributed by atoms with Crippen molar-refractivity contribution in [3.63, 3.8) is 0 Å².